The average molecular weight is 1380 g/mol. The first-order valence-corrected chi connectivity index (χ1v) is 32.5. The summed E-state index contributed by atoms with van der Waals surface area (Å²) in [7, 11) is 0. The number of aliphatic hydroxyl groups is 2. The van der Waals surface area contributed by atoms with Crippen molar-refractivity contribution in [3.8, 4) is 11.5 Å². The number of rotatable bonds is 36. The van der Waals surface area contributed by atoms with Crippen LogP contribution in [0.4, 0.5) is 0 Å². The predicted molar refractivity (Wildman–Crippen MR) is 352 cm³/mol. The SMILES string of the molecule is CC[C@H](C)[C@H](NC(=O)[C@H](CO)NC(=O)[C@H](Cc1ccc(O)cc1)NC(=O)[C@@H](NC(=O)[C@H](CS)NC(=O)[C@@H](N)Cc1ccccc1)[C@@H](C)O)C(=O)N1CCC[C@H]1C(=O)N1CCC[C@H]1C(=O)N[C@@H](CCC(N)=O)C(=O)N[C@@H](CS)C(=O)N[C@@H](Cc1ccc(O)cc1)C(=O)NCC(=O)O. The molecule has 524 valence electrons. The molecule has 0 aliphatic carbocycles. The number of carboxylic acid groups (broad SMARTS) is 1. The number of thiol groups is 2. The molecule has 33 heteroatoms. The smallest absolute Gasteiger partial charge is 0.322 e. The molecular formula is C63H87N13O18S2. The molecule has 18 N–H and O–H groups in total. The van der Waals surface area contributed by atoms with Crippen LogP contribution in [0.5, 0.6) is 11.5 Å². The summed E-state index contributed by atoms with van der Waals surface area (Å²) in [6.45, 7) is 2.79. The number of phenols is 2. The van der Waals surface area contributed by atoms with E-state index in [0.717, 1.165) is 5.56 Å². The Morgan fingerprint density at radius 2 is 1.01 bits per heavy atom. The topological polar surface area (TPSA) is 490 Å². The average Bonchev–Trinajstić information content (AvgIpc) is 1.62. The van der Waals surface area contributed by atoms with E-state index in [4.69, 9.17) is 16.6 Å². The zero-order chi connectivity index (χ0) is 70.9. The number of likely N-dealkylation sites (tertiary alicyclic amines) is 2. The van der Waals surface area contributed by atoms with E-state index >= 15 is 0 Å². The van der Waals surface area contributed by atoms with Crippen molar-refractivity contribution >= 4 is 102 Å². The molecule has 2 heterocycles. The second-order valence-corrected chi connectivity index (χ2v) is 24.3. The lowest BCUT2D eigenvalue weighted by Crippen LogP contribution is -2.63. The van der Waals surface area contributed by atoms with Gasteiger partial charge in [-0.05, 0) is 92.3 Å². The van der Waals surface area contributed by atoms with E-state index in [0.29, 0.717) is 24.0 Å². The molecule has 2 aliphatic rings. The zero-order valence-corrected chi connectivity index (χ0v) is 55.1. The summed E-state index contributed by atoms with van der Waals surface area (Å²) >= 11 is 8.41. The van der Waals surface area contributed by atoms with Gasteiger partial charge < -0.3 is 94.7 Å². The lowest BCUT2D eigenvalue weighted by atomic mass is 9.96. The Bertz CT molecular complexity index is 3230. The number of aliphatic carboxylic acids is 1. The number of aliphatic hydroxyl groups excluding tert-OH is 2. The lowest BCUT2D eigenvalue weighted by molar-refractivity contribution is -0.149. The van der Waals surface area contributed by atoms with Gasteiger partial charge >= 0.3 is 5.97 Å². The van der Waals surface area contributed by atoms with E-state index in [-0.39, 0.29) is 81.0 Å². The van der Waals surface area contributed by atoms with E-state index in [9.17, 15) is 82.8 Å². The number of carbonyl (C=O) groups is 13. The summed E-state index contributed by atoms with van der Waals surface area (Å²) in [6, 6.07) is 4.20. The second-order valence-electron chi connectivity index (χ2n) is 23.5. The molecule has 0 aromatic heterocycles. The van der Waals surface area contributed by atoms with Crippen molar-refractivity contribution in [2.75, 3.05) is 37.7 Å². The first-order chi connectivity index (χ1) is 45.6. The van der Waals surface area contributed by atoms with Gasteiger partial charge in [0.1, 0.15) is 78.5 Å². The van der Waals surface area contributed by atoms with E-state index in [1.807, 2.05) is 0 Å². The molecule has 31 nitrogen and oxygen atoms in total. The van der Waals surface area contributed by atoms with Gasteiger partial charge in [0.25, 0.3) is 0 Å². The minimum Gasteiger partial charge on any atom is -0.508 e. The lowest BCUT2D eigenvalue weighted by Gasteiger charge is -2.35. The molecule has 13 atom stereocenters. The summed E-state index contributed by atoms with van der Waals surface area (Å²) in [5.74, 6) is -13.6. The Morgan fingerprint density at radius 1 is 0.552 bits per heavy atom. The number of nitrogens with zero attached hydrogens (tertiary/aromatic N) is 2. The van der Waals surface area contributed by atoms with Gasteiger partial charge in [0, 0.05) is 43.9 Å². The summed E-state index contributed by atoms with van der Waals surface area (Å²) in [6.07, 6.45) is -1.65. The van der Waals surface area contributed by atoms with Crippen molar-refractivity contribution in [2.24, 2.45) is 17.4 Å². The Balaban J connectivity index is 1.27. The molecular weight excluding hydrogens is 1290 g/mol. The van der Waals surface area contributed by atoms with Gasteiger partial charge in [0.15, 0.2) is 0 Å². The van der Waals surface area contributed by atoms with Crippen molar-refractivity contribution in [3.05, 3.63) is 95.6 Å². The fourth-order valence-corrected chi connectivity index (χ4v) is 11.2. The van der Waals surface area contributed by atoms with Crippen LogP contribution in [0.1, 0.15) is 82.4 Å². The molecule has 0 unspecified atom stereocenters. The maximum Gasteiger partial charge on any atom is 0.322 e. The Kier molecular flexibility index (Phi) is 30.6. The van der Waals surface area contributed by atoms with Gasteiger partial charge in [0.05, 0.1) is 18.8 Å². The number of nitrogens with two attached hydrogens (primary N) is 2. The fraction of sp³-hybridized carbons (Fsp3) is 0.508. The molecule has 2 aliphatic heterocycles. The number of aromatic hydroxyl groups is 2. The van der Waals surface area contributed by atoms with Crippen LogP contribution in [-0.2, 0) is 81.6 Å². The maximum absolute atomic E-state index is 14.8. The van der Waals surface area contributed by atoms with Crippen molar-refractivity contribution < 1.29 is 87.9 Å². The molecule has 5 rings (SSSR count). The Morgan fingerprint density at radius 3 is 1.54 bits per heavy atom. The Hall–Kier alpha value is -9.05. The van der Waals surface area contributed by atoms with E-state index in [1.54, 1.807) is 44.2 Å². The van der Waals surface area contributed by atoms with Crippen LogP contribution < -0.4 is 59.3 Å². The van der Waals surface area contributed by atoms with Gasteiger partial charge in [-0.1, -0.05) is 74.9 Å². The summed E-state index contributed by atoms with van der Waals surface area (Å²) < 4.78 is 0. The predicted octanol–water partition coefficient (Wildman–Crippen LogP) is -3.94. The minimum atomic E-state index is -1.79. The van der Waals surface area contributed by atoms with Crippen LogP contribution in [0.2, 0.25) is 0 Å². The number of hydrogen-bond donors (Lipinski definition) is 18. The molecule has 12 amide bonds. The first kappa shape index (κ1) is 77.7. The van der Waals surface area contributed by atoms with Crippen LogP contribution in [-0.4, -0.2) is 222 Å². The standard InChI is InChI=1S/C63H87N13O18S2/c1-4-33(2)51(73-57(88)44(30-77)70-56(87)43(28-37-16-20-39(80)21-17-37)69-61(92)52(34(3)78)74-59(90)46(32-96)71-53(84)40(64)26-35-10-6-5-7-11-35)63(94)76-25-9-13-48(76)62(93)75-24-8-12-47(75)60(91)67-41(22-23-49(65)81)55(86)72-45(31-95)58(89)68-42(54(85)66-29-50(82)83)27-36-14-18-38(79)19-15-36/h5-7,10-11,14-21,33-34,40-48,51-52,77-80,95-96H,4,8-9,12-13,22-32,64H2,1-3H3,(H2,65,81)(H,66,85)(H,67,91)(H,68,89)(H,69,92)(H,70,87)(H,71,84)(H,72,86)(H,73,88)(H,74,90)(H,82,83)/t33-,34+,40-,41-,42-,43-,44-,45-,46-,47-,48-,51-,52-/m0/s1. The van der Waals surface area contributed by atoms with Crippen LogP contribution in [0.15, 0.2) is 78.9 Å². The van der Waals surface area contributed by atoms with Crippen LogP contribution in [0.3, 0.4) is 0 Å². The third-order valence-electron chi connectivity index (χ3n) is 16.3. The highest BCUT2D eigenvalue weighted by Crippen LogP contribution is 2.27. The maximum atomic E-state index is 14.8. The molecule has 2 saturated heterocycles. The summed E-state index contributed by atoms with van der Waals surface area (Å²) in [4.78, 5) is 180. The number of amides is 12. The number of phenolic OH excluding ortho intramolecular Hbond substituents is 2. The highest BCUT2D eigenvalue weighted by Gasteiger charge is 2.46. The number of nitrogens with one attached hydrogen (secondary N) is 9. The first-order valence-electron chi connectivity index (χ1n) is 31.3. The van der Waals surface area contributed by atoms with E-state index in [1.165, 1.54) is 65.3 Å². The monoisotopic (exact) mass is 1380 g/mol. The van der Waals surface area contributed by atoms with Crippen molar-refractivity contribution in [1.29, 1.82) is 0 Å². The van der Waals surface area contributed by atoms with Gasteiger partial charge in [-0.15, -0.1) is 0 Å². The molecule has 3 aromatic rings. The Labute approximate surface area is 564 Å². The van der Waals surface area contributed by atoms with Crippen molar-refractivity contribution in [3.63, 3.8) is 0 Å². The number of carboxylic acids is 1. The van der Waals surface area contributed by atoms with Gasteiger partial charge in [-0.3, -0.25) is 62.3 Å². The number of hydrogen-bond acceptors (Lipinski definition) is 20. The largest absolute Gasteiger partial charge is 0.508 e. The van der Waals surface area contributed by atoms with Crippen LogP contribution in [0.25, 0.3) is 0 Å². The summed E-state index contributed by atoms with van der Waals surface area (Å²) in [5, 5.41) is 72.4. The molecule has 0 radical (unpaired) electrons. The second kappa shape index (κ2) is 37.9. The third-order valence-corrected chi connectivity index (χ3v) is 17.1. The van der Waals surface area contributed by atoms with Crippen LogP contribution >= 0.6 is 25.3 Å². The molecule has 0 spiro atoms. The molecule has 0 bridgehead atoms. The van der Waals surface area contributed by atoms with Crippen LogP contribution in [0, 0.1) is 5.92 Å². The zero-order valence-electron chi connectivity index (χ0n) is 53.3. The molecule has 96 heavy (non-hydrogen) atoms. The fourth-order valence-electron chi connectivity index (χ4n) is 10.7. The molecule has 3 aromatic carbocycles. The van der Waals surface area contributed by atoms with E-state index < -0.39 is 175 Å². The quantitative estimate of drug-likeness (QED) is 0.0247. The molecule has 0 saturated carbocycles. The highest BCUT2D eigenvalue weighted by molar-refractivity contribution is 7.80. The molecule has 2 fully saturated rings. The number of primary amides is 1. The number of benzene rings is 3. The third kappa shape index (κ3) is 23.1. The number of carbonyl (C=O) groups excluding carboxylic acids is 12. The normalized spacial score (nSPS) is 17.8. The minimum absolute atomic E-state index is 0.0299. The van der Waals surface area contributed by atoms with E-state index in [2.05, 4.69) is 73.1 Å². The summed E-state index contributed by atoms with van der Waals surface area (Å²) in [5.41, 5.74) is 13.1. The van der Waals surface area contributed by atoms with Gasteiger partial charge in [-0.2, -0.15) is 25.3 Å². The van der Waals surface area contributed by atoms with Gasteiger partial charge in [-0.25, -0.2) is 0 Å². The van der Waals surface area contributed by atoms with Crippen molar-refractivity contribution in [1.82, 2.24) is 57.7 Å². The van der Waals surface area contributed by atoms with Crippen molar-refractivity contribution in [2.45, 2.75) is 158 Å². The van der Waals surface area contributed by atoms with Gasteiger partial charge in [0.2, 0.25) is 70.9 Å². The highest BCUT2D eigenvalue weighted by atomic mass is 32.1.